The number of carboxylic acid groups (broad SMARTS) is 1. The van der Waals surface area contributed by atoms with Crippen molar-refractivity contribution in [2.45, 2.75) is 25.0 Å². The Balaban J connectivity index is 1.75. The normalized spacial score (nSPS) is 19.9. The molecule has 3 heterocycles. The predicted octanol–water partition coefficient (Wildman–Crippen LogP) is 3.94. The average molecular weight is 396 g/mol. The van der Waals surface area contributed by atoms with Crippen LogP contribution in [0, 0.1) is 5.82 Å². The number of carbonyl (C=O) groups is 1. The predicted molar refractivity (Wildman–Crippen MR) is 101 cm³/mol. The third-order valence-corrected chi connectivity index (χ3v) is 5.14. The highest BCUT2D eigenvalue weighted by molar-refractivity contribution is 5.90. The number of azo groups is 1. The van der Waals surface area contributed by atoms with Gasteiger partial charge < -0.3 is 14.6 Å². The second-order valence-corrected chi connectivity index (χ2v) is 7.07. The Labute approximate surface area is 162 Å². The SMILES string of the molecule is O=C(O)c1cn(C2CC2)c2c(c1=O)C=C(F)C1N=NC(c3ccccc3F)=CN21. The van der Waals surface area contributed by atoms with E-state index in [-0.39, 0.29) is 22.9 Å². The number of pyridine rings is 1. The molecule has 1 aromatic heterocycles. The molecule has 0 spiro atoms. The largest absolute Gasteiger partial charge is 0.477 e. The number of anilines is 1. The first kappa shape index (κ1) is 17.5. The highest BCUT2D eigenvalue weighted by Crippen LogP contribution is 2.43. The monoisotopic (exact) mass is 396 g/mol. The second-order valence-electron chi connectivity index (χ2n) is 7.07. The molecule has 1 unspecified atom stereocenters. The summed E-state index contributed by atoms with van der Waals surface area (Å²) in [5.74, 6) is -2.29. The van der Waals surface area contributed by atoms with E-state index in [1.807, 2.05) is 0 Å². The van der Waals surface area contributed by atoms with Gasteiger partial charge in [0, 0.05) is 24.0 Å². The van der Waals surface area contributed by atoms with E-state index in [2.05, 4.69) is 10.2 Å². The van der Waals surface area contributed by atoms with Crippen molar-refractivity contribution in [2.75, 3.05) is 4.90 Å². The lowest BCUT2D eigenvalue weighted by atomic mass is 10.0. The fourth-order valence-electron chi connectivity index (χ4n) is 3.60. The van der Waals surface area contributed by atoms with Crippen LogP contribution in [-0.2, 0) is 0 Å². The quantitative estimate of drug-likeness (QED) is 0.851. The highest BCUT2D eigenvalue weighted by atomic mass is 19.1. The molecular formula is C20H14F2N4O3. The standard InChI is InChI=1S/C20H14F2N4O3/c21-14-4-2-1-3-11(14)16-9-26-18(24-23-16)15(22)7-12-17(27)13(20(28)29)8-25(19(12)26)10-5-6-10/h1-4,7-10,18H,5-6H2,(H,28,29). The van der Waals surface area contributed by atoms with Crippen molar-refractivity contribution in [3.05, 3.63) is 75.2 Å². The number of carboxylic acids is 1. The summed E-state index contributed by atoms with van der Waals surface area (Å²) in [7, 11) is 0. The van der Waals surface area contributed by atoms with Crippen LogP contribution in [0.1, 0.15) is 40.4 Å². The van der Waals surface area contributed by atoms with E-state index >= 15 is 0 Å². The number of fused-ring (bicyclic) bond motifs is 3. The Kier molecular flexibility index (Phi) is 3.73. The summed E-state index contributed by atoms with van der Waals surface area (Å²) in [6.07, 6.45) is 4.25. The Hall–Kier alpha value is -3.62. The van der Waals surface area contributed by atoms with Crippen molar-refractivity contribution in [1.29, 1.82) is 0 Å². The molecule has 2 aliphatic heterocycles. The first-order chi connectivity index (χ1) is 14.0. The van der Waals surface area contributed by atoms with Crippen LogP contribution in [0.15, 0.2) is 57.5 Å². The number of aromatic carboxylic acids is 1. The van der Waals surface area contributed by atoms with E-state index in [1.165, 1.54) is 29.4 Å². The Morgan fingerprint density at radius 2 is 1.97 bits per heavy atom. The van der Waals surface area contributed by atoms with E-state index in [0.717, 1.165) is 18.9 Å². The number of benzene rings is 1. The van der Waals surface area contributed by atoms with Gasteiger partial charge in [-0.15, -0.1) is 0 Å². The molecule has 7 nitrogen and oxygen atoms in total. The molecule has 3 aliphatic rings. The average Bonchev–Trinajstić information content (AvgIpc) is 3.54. The van der Waals surface area contributed by atoms with Gasteiger partial charge in [-0.2, -0.15) is 10.2 Å². The molecule has 1 atom stereocenters. The maximum atomic E-state index is 14.7. The molecule has 9 heteroatoms. The molecule has 0 saturated heterocycles. The summed E-state index contributed by atoms with van der Waals surface area (Å²) in [5, 5.41) is 17.3. The number of hydrogen-bond donors (Lipinski definition) is 1. The summed E-state index contributed by atoms with van der Waals surface area (Å²) in [4.78, 5) is 25.6. The van der Waals surface area contributed by atoms with Gasteiger partial charge in [-0.1, -0.05) is 12.1 Å². The Morgan fingerprint density at radius 3 is 2.66 bits per heavy atom. The first-order valence-electron chi connectivity index (χ1n) is 9.01. The molecular weight excluding hydrogens is 382 g/mol. The van der Waals surface area contributed by atoms with Gasteiger partial charge in [0.25, 0.3) is 0 Å². The number of aromatic nitrogens is 1. The number of halogens is 2. The Bertz CT molecular complexity index is 1210. The fraction of sp³-hybridized carbons (Fsp3) is 0.200. The zero-order chi connectivity index (χ0) is 20.3. The molecule has 29 heavy (non-hydrogen) atoms. The molecule has 1 N–H and O–H groups in total. The molecule has 5 rings (SSSR count). The molecule has 1 aliphatic carbocycles. The van der Waals surface area contributed by atoms with Gasteiger partial charge in [0.2, 0.25) is 5.43 Å². The molecule has 0 bridgehead atoms. The summed E-state index contributed by atoms with van der Waals surface area (Å²) in [5.41, 5.74) is -0.894. The lowest BCUT2D eigenvalue weighted by molar-refractivity contribution is 0.0694. The zero-order valence-electron chi connectivity index (χ0n) is 14.9. The van der Waals surface area contributed by atoms with Crippen LogP contribution in [0.2, 0.25) is 0 Å². The minimum atomic E-state index is -1.37. The molecule has 2 aromatic rings. The minimum Gasteiger partial charge on any atom is -0.477 e. The van der Waals surface area contributed by atoms with Gasteiger partial charge in [0.05, 0.1) is 5.56 Å². The van der Waals surface area contributed by atoms with Crippen LogP contribution < -0.4 is 10.3 Å². The molecule has 0 amide bonds. The minimum absolute atomic E-state index is 0.00170. The number of nitrogens with zero attached hydrogens (tertiary/aromatic N) is 4. The summed E-state index contributed by atoms with van der Waals surface area (Å²) >= 11 is 0. The highest BCUT2D eigenvalue weighted by Gasteiger charge is 2.38. The third-order valence-electron chi connectivity index (χ3n) is 5.14. The van der Waals surface area contributed by atoms with E-state index < -0.39 is 34.8 Å². The van der Waals surface area contributed by atoms with E-state index in [0.29, 0.717) is 5.82 Å². The van der Waals surface area contributed by atoms with Crippen LogP contribution in [0.25, 0.3) is 11.8 Å². The summed E-state index contributed by atoms with van der Waals surface area (Å²) < 4.78 is 30.6. The molecule has 1 fully saturated rings. The van der Waals surface area contributed by atoms with Crippen molar-refractivity contribution in [3.63, 3.8) is 0 Å². The third kappa shape index (κ3) is 2.69. The van der Waals surface area contributed by atoms with Crippen LogP contribution in [0.4, 0.5) is 14.6 Å². The zero-order valence-corrected chi connectivity index (χ0v) is 14.9. The van der Waals surface area contributed by atoms with Crippen LogP contribution in [-0.4, -0.2) is 21.8 Å². The summed E-state index contributed by atoms with van der Waals surface area (Å²) in [6.45, 7) is 0. The van der Waals surface area contributed by atoms with Crippen LogP contribution in [0.5, 0.6) is 0 Å². The van der Waals surface area contributed by atoms with Crippen molar-refractivity contribution in [1.82, 2.24) is 4.57 Å². The molecule has 146 valence electrons. The number of hydrogen-bond acceptors (Lipinski definition) is 5. The number of rotatable bonds is 3. The first-order valence-corrected chi connectivity index (χ1v) is 9.01. The topological polar surface area (TPSA) is 87.3 Å². The molecule has 1 aromatic carbocycles. The Morgan fingerprint density at radius 1 is 1.21 bits per heavy atom. The van der Waals surface area contributed by atoms with Crippen molar-refractivity contribution < 1.29 is 18.7 Å². The van der Waals surface area contributed by atoms with Gasteiger partial charge in [-0.05, 0) is 31.1 Å². The maximum Gasteiger partial charge on any atom is 0.341 e. The molecule has 0 radical (unpaired) electrons. The maximum absolute atomic E-state index is 14.7. The van der Waals surface area contributed by atoms with Crippen molar-refractivity contribution in [3.8, 4) is 0 Å². The van der Waals surface area contributed by atoms with Gasteiger partial charge in [-0.25, -0.2) is 13.6 Å². The van der Waals surface area contributed by atoms with Gasteiger partial charge in [-0.3, -0.25) is 4.79 Å². The second kappa shape index (κ2) is 6.20. The smallest absolute Gasteiger partial charge is 0.341 e. The fourth-order valence-corrected chi connectivity index (χ4v) is 3.60. The van der Waals surface area contributed by atoms with E-state index in [1.54, 1.807) is 16.7 Å². The van der Waals surface area contributed by atoms with Crippen LogP contribution in [0.3, 0.4) is 0 Å². The van der Waals surface area contributed by atoms with Gasteiger partial charge >= 0.3 is 5.97 Å². The van der Waals surface area contributed by atoms with Gasteiger partial charge in [0.15, 0.2) is 6.17 Å². The molecule has 1 saturated carbocycles. The van der Waals surface area contributed by atoms with Crippen LogP contribution >= 0.6 is 0 Å². The van der Waals surface area contributed by atoms with E-state index in [9.17, 15) is 23.5 Å². The summed E-state index contributed by atoms with van der Waals surface area (Å²) in [6, 6.07) is 5.99. The lowest BCUT2D eigenvalue weighted by Crippen LogP contribution is -2.39. The van der Waals surface area contributed by atoms with E-state index in [4.69, 9.17) is 0 Å². The lowest BCUT2D eigenvalue weighted by Gasteiger charge is -2.35. The van der Waals surface area contributed by atoms with Gasteiger partial charge in [0.1, 0.15) is 28.7 Å². The van der Waals surface area contributed by atoms with Crippen molar-refractivity contribution >= 4 is 23.6 Å². The van der Waals surface area contributed by atoms with Crippen molar-refractivity contribution in [2.24, 2.45) is 10.2 Å².